The van der Waals surface area contributed by atoms with E-state index >= 15 is 0 Å². The van der Waals surface area contributed by atoms with Crippen molar-refractivity contribution < 1.29 is 18.3 Å². The Hall–Kier alpha value is -3.80. The molecule has 0 spiro atoms. The maximum Gasteiger partial charge on any atom is 0.217 e. The summed E-state index contributed by atoms with van der Waals surface area (Å²) >= 11 is 0. The molecule has 1 saturated carbocycles. The minimum absolute atomic E-state index is 0.0186. The highest BCUT2D eigenvalue weighted by Crippen LogP contribution is 2.70. The summed E-state index contributed by atoms with van der Waals surface area (Å²) < 4.78 is 39.9. The molecule has 0 aromatic heterocycles. The van der Waals surface area contributed by atoms with Crippen LogP contribution in [-0.4, -0.2) is 11.7 Å². The standard InChI is InChI=1S/C25H18F2N4O2/c26-18-7-6-17(10-19(18)27)21-23(12-28,13-29)24(14-30)20-11-16(15-4-2-1-3-5-15)8-9-25(20,32-21)33-22(24)31/h1-7,10,16,20-21,31H,8-9,11H2. The van der Waals surface area contributed by atoms with Gasteiger partial charge < -0.3 is 9.47 Å². The number of ether oxygens (including phenoxy) is 2. The van der Waals surface area contributed by atoms with E-state index in [1.165, 1.54) is 6.07 Å². The first-order valence-corrected chi connectivity index (χ1v) is 10.6. The Balaban J connectivity index is 1.69. The van der Waals surface area contributed by atoms with Crippen LogP contribution in [0.15, 0.2) is 48.5 Å². The number of nitrogens with zero attached hydrogens (tertiary/aromatic N) is 3. The first-order valence-electron chi connectivity index (χ1n) is 10.6. The van der Waals surface area contributed by atoms with Gasteiger partial charge in [-0.05, 0) is 42.0 Å². The van der Waals surface area contributed by atoms with E-state index in [2.05, 4.69) is 6.07 Å². The van der Waals surface area contributed by atoms with Crippen LogP contribution in [0.1, 0.15) is 42.4 Å². The Morgan fingerprint density at radius 3 is 2.30 bits per heavy atom. The Labute approximate surface area is 189 Å². The largest absolute Gasteiger partial charge is 0.447 e. The van der Waals surface area contributed by atoms with Crippen LogP contribution in [0.25, 0.3) is 0 Å². The molecule has 33 heavy (non-hydrogen) atoms. The molecule has 2 aromatic carbocycles. The Kier molecular flexibility index (Phi) is 4.53. The average molecular weight is 444 g/mol. The van der Waals surface area contributed by atoms with Gasteiger partial charge in [0.15, 0.2) is 17.0 Å². The monoisotopic (exact) mass is 444 g/mol. The van der Waals surface area contributed by atoms with E-state index in [4.69, 9.17) is 14.9 Å². The van der Waals surface area contributed by atoms with Crippen LogP contribution < -0.4 is 0 Å². The maximum atomic E-state index is 14.1. The molecule has 6 nitrogen and oxygen atoms in total. The number of hydrogen-bond acceptors (Lipinski definition) is 6. The van der Waals surface area contributed by atoms with E-state index in [9.17, 15) is 24.6 Å². The molecule has 2 bridgehead atoms. The van der Waals surface area contributed by atoms with E-state index in [0.29, 0.717) is 19.3 Å². The van der Waals surface area contributed by atoms with Crippen LogP contribution in [0.3, 0.4) is 0 Å². The third-order valence-corrected chi connectivity index (χ3v) is 7.43. The first-order chi connectivity index (χ1) is 15.9. The predicted molar refractivity (Wildman–Crippen MR) is 110 cm³/mol. The fourth-order valence-electron chi connectivity index (χ4n) is 5.84. The molecule has 5 rings (SSSR count). The molecule has 164 valence electrons. The van der Waals surface area contributed by atoms with Gasteiger partial charge in [0.25, 0.3) is 0 Å². The fraction of sp³-hybridized carbons (Fsp3) is 0.360. The highest BCUT2D eigenvalue weighted by molar-refractivity contribution is 5.89. The second-order valence-electron chi connectivity index (χ2n) is 8.80. The summed E-state index contributed by atoms with van der Waals surface area (Å²) in [6.07, 6.45) is -0.0907. The van der Waals surface area contributed by atoms with Gasteiger partial charge in [0.05, 0.1) is 24.1 Å². The zero-order chi connectivity index (χ0) is 23.4. The normalized spacial score (nSPS) is 33.7. The number of hydrogen-bond donors (Lipinski definition) is 1. The molecule has 3 fully saturated rings. The van der Waals surface area contributed by atoms with Crippen molar-refractivity contribution in [3.63, 3.8) is 0 Å². The quantitative estimate of drug-likeness (QED) is 0.710. The molecule has 5 atom stereocenters. The maximum absolute atomic E-state index is 14.1. The van der Waals surface area contributed by atoms with Crippen LogP contribution in [-0.2, 0) is 9.47 Å². The lowest BCUT2D eigenvalue weighted by atomic mass is 9.50. The van der Waals surface area contributed by atoms with Gasteiger partial charge in [-0.2, -0.15) is 15.8 Å². The summed E-state index contributed by atoms with van der Waals surface area (Å²) in [7, 11) is 0. The fourth-order valence-corrected chi connectivity index (χ4v) is 5.84. The minimum Gasteiger partial charge on any atom is -0.447 e. The van der Waals surface area contributed by atoms with Crippen molar-refractivity contribution in [3.05, 3.63) is 71.3 Å². The van der Waals surface area contributed by atoms with E-state index < -0.39 is 46.2 Å². The van der Waals surface area contributed by atoms with Crippen molar-refractivity contribution in [2.75, 3.05) is 0 Å². The lowest BCUT2D eigenvalue weighted by molar-refractivity contribution is -0.296. The summed E-state index contributed by atoms with van der Waals surface area (Å²) in [5.74, 6) is -4.90. The summed E-state index contributed by atoms with van der Waals surface area (Å²) in [6.45, 7) is 0. The lowest BCUT2D eigenvalue weighted by Gasteiger charge is -2.52. The van der Waals surface area contributed by atoms with E-state index in [1.54, 1.807) is 0 Å². The van der Waals surface area contributed by atoms with Crippen molar-refractivity contribution >= 4 is 5.90 Å². The summed E-state index contributed by atoms with van der Waals surface area (Å²) in [6, 6.07) is 18.6. The Morgan fingerprint density at radius 2 is 1.67 bits per heavy atom. The number of rotatable bonds is 2. The van der Waals surface area contributed by atoms with E-state index in [1.807, 2.05) is 42.5 Å². The SMILES string of the molecule is N#CC1(C#N)C(c2ccc(F)c(F)c2)OC23CCC(c4ccccc4)CC2C1(C#N)C(=N)O3. The smallest absolute Gasteiger partial charge is 0.217 e. The van der Waals surface area contributed by atoms with Crippen molar-refractivity contribution in [3.8, 4) is 18.2 Å². The lowest BCUT2D eigenvalue weighted by Crippen LogP contribution is -2.60. The zero-order valence-corrected chi connectivity index (χ0v) is 17.4. The summed E-state index contributed by atoms with van der Waals surface area (Å²) in [5, 5.41) is 39.6. The molecule has 2 saturated heterocycles. The van der Waals surface area contributed by atoms with Gasteiger partial charge in [-0.3, -0.25) is 5.41 Å². The summed E-state index contributed by atoms with van der Waals surface area (Å²) in [5.41, 5.74) is -3.05. The molecule has 1 N–H and O–H groups in total. The van der Waals surface area contributed by atoms with Gasteiger partial charge in [0.1, 0.15) is 6.10 Å². The van der Waals surface area contributed by atoms with Crippen LogP contribution in [0.4, 0.5) is 8.78 Å². The number of benzene rings is 2. The second-order valence-corrected chi connectivity index (χ2v) is 8.80. The van der Waals surface area contributed by atoms with Crippen LogP contribution in [0.2, 0.25) is 0 Å². The van der Waals surface area contributed by atoms with Crippen molar-refractivity contribution in [1.82, 2.24) is 0 Å². The van der Waals surface area contributed by atoms with E-state index in [-0.39, 0.29) is 11.5 Å². The van der Waals surface area contributed by atoms with Crippen LogP contribution in [0, 0.1) is 67.8 Å². The highest BCUT2D eigenvalue weighted by atomic mass is 19.2. The van der Waals surface area contributed by atoms with Crippen LogP contribution in [0.5, 0.6) is 0 Å². The van der Waals surface area contributed by atoms with Gasteiger partial charge >= 0.3 is 0 Å². The van der Waals surface area contributed by atoms with Crippen molar-refractivity contribution in [2.45, 2.75) is 37.1 Å². The zero-order valence-electron chi connectivity index (χ0n) is 17.4. The van der Waals surface area contributed by atoms with Gasteiger partial charge in [0, 0.05) is 6.42 Å². The van der Waals surface area contributed by atoms with Gasteiger partial charge in [-0.15, -0.1) is 0 Å². The first kappa shape index (κ1) is 21.1. The molecular formula is C25H18F2N4O2. The number of nitrogens with one attached hydrogen (secondary N) is 1. The molecule has 2 aromatic rings. The molecule has 8 heteroatoms. The molecule has 0 amide bonds. The highest BCUT2D eigenvalue weighted by Gasteiger charge is 2.81. The van der Waals surface area contributed by atoms with Crippen LogP contribution >= 0.6 is 0 Å². The Morgan fingerprint density at radius 1 is 0.939 bits per heavy atom. The predicted octanol–water partition coefficient (Wildman–Crippen LogP) is 4.87. The van der Waals surface area contributed by atoms with Gasteiger partial charge in [-0.25, -0.2) is 8.78 Å². The minimum atomic E-state index is -2.20. The molecule has 2 aliphatic heterocycles. The van der Waals surface area contributed by atoms with Crippen molar-refractivity contribution in [1.29, 1.82) is 21.2 Å². The molecule has 0 radical (unpaired) electrons. The second kappa shape index (κ2) is 7.10. The molecule has 3 aliphatic rings. The van der Waals surface area contributed by atoms with E-state index in [0.717, 1.165) is 17.7 Å². The molecule has 2 heterocycles. The topological polar surface area (TPSA) is 114 Å². The molecular weight excluding hydrogens is 426 g/mol. The number of halogens is 2. The van der Waals surface area contributed by atoms with Gasteiger partial charge in [-0.1, -0.05) is 36.4 Å². The van der Waals surface area contributed by atoms with Crippen molar-refractivity contribution in [2.24, 2.45) is 16.7 Å². The third-order valence-electron chi connectivity index (χ3n) is 7.43. The summed E-state index contributed by atoms with van der Waals surface area (Å²) in [4.78, 5) is 0. The Bertz CT molecular complexity index is 1260. The molecule has 1 aliphatic carbocycles. The average Bonchev–Trinajstić information content (AvgIpc) is 3.04. The van der Waals surface area contributed by atoms with Gasteiger partial charge in [0.2, 0.25) is 17.1 Å². The molecule has 5 unspecified atom stereocenters. The third kappa shape index (κ3) is 2.55. The number of nitriles is 3.